The molecule has 29 heavy (non-hydrogen) atoms. The molecule has 1 aromatic heterocycles. The minimum atomic E-state index is -0.0301. The number of hydrogen-bond donors (Lipinski definition) is 1. The van der Waals surface area contributed by atoms with Crippen molar-refractivity contribution >= 4 is 28.7 Å². The van der Waals surface area contributed by atoms with Crippen molar-refractivity contribution in [3.8, 4) is 11.4 Å². The normalized spacial score (nSPS) is 10.8. The first kappa shape index (κ1) is 19.1. The Labute approximate surface area is 173 Å². The predicted octanol–water partition coefficient (Wildman–Crippen LogP) is 4.44. The van der Waals surface area contributed by atoms with Gasteiger partial charge < -0.3 is 10.1 Å². The van der Waals surface area contributed by atoms with E-state index in [2.05, 4.69) is 9.88 Å². The van der Waals surface area contributed by atoms with Gasteiger partial charge in [0.1, 0.15) is 5.75 Å². The van der Waals surface area contributed by atoms with Crippen molar-refractivity contribution in [3.63, 3.8) is 0 Å². The van der Waals surface area contributed by atoms with Gasteiger partial charge in [0.25, 0.3) is 0 Å². The number of nitrogens with one attached hydrogen (secondary N) is 1. The molecule has 1 N–H and O–H groups in total. The van der Waals surface area contributed by atoms with Gasteiger partial charge in [-0.05, 0) is 42.0 Å². The van der Waals surface area contributed by atoms with E-state index in [0.29, 0.717) is 12.3 Å². The first-order chi connectivity index (χ1) is 14.2. The minimum absolute atomic E-state index is 0.0301. The molecule has 1 amide bonds. The lowest BCUT2D eigenvalue weighted by Crippen LogP contribution is -2.24. The Balaban J connectivity index is 1.46. The molecule has 4 aromatic rings. The lowest BCUT2D eigenvalue weighted by molar-refractivity contribution is -0.118. The van der Waals surface area contributed by atoms with Gasteiger partial charge in [-0.25, -0.2) is 4.98 Å². The van der Waals surface area contributed by atoms with E-state index in [4.69, 9.17) is 9.72 Å². The summed E-state index contributed by atoms with van der Waals surface area (Å²) in [6.07, 6.45) is 0. The standard InChI is InChI=1S/C23H21N3O2S/c1-28-19-13-11-17(12-14-19)15-24-22(27)16-29-23-25-20-9-5-6-10-21(20)26(23)18-7-3-2-4-8-18/h2-14H,15-16H2,1H3,(H,24,27). The van der Waals surface area contributed by atoms with Crippen LogP contribution in [0.25, 0.3) is 16.7 Å². The van der Waals surface area contributed by atoms with Crippen molar-refractivity contribution in [3.05, 3.63) is 84.4 Å². The molecule has 0 aliphatic carbocycles. The number of ether oxygens (including phenoxy) is 1. The second kappa shape index (κ2) is 8.84. The third-order valence-electron chi connectivity index (χ3n) is 4.53. The maximum Gasteiger partial charge on any atom is 0.230 e. The van der Waals surface area contributed by atoms with Gasteiger partial charge >= 0.3 is 0 Å². The third-order valence-corrected chi connectivity index (χ3v) is 5.46. The van der Waals surface area contributed by atoms with Crippen LogP contribution < -0.4 is 10.1 Å². The number of fused-ring (bicyclic) bond motifs is 1. The van der Waals surface area contributed by atoms with Crippen molar-refractivity contribution in [1.29, 1.82) is 0 Å². The van der Waals surface area contributed by atoms with Crippen molar-refractivity contribution in [2.45, 2.75) is 11.7 Å². The van der Waals surface area contributed by atoms with E-state index in [9.17, 15) is 4.79 Å². The molecule has 0 radical (unpaired) electrons. The summed E-state index contributed by atoms with van der Waals surface area (Å²) in [5, 5.41) is 3.76. The SMILES string of the molecule is COc1ccc(CNC(=O)CSc2nc3ccccc3n2-c2ccccc2)cc1. The molecule has 0 atom stereocenters. The van der Waals surface area contributed by atoms with Crippen molar-refractivity contribution in [2.24, 2.45) is 0 Å². The molecule has 0 aliphatic rings. The lowest BCUT2D eigenvalue weighted by atomic mass is 10.2. The zero-order chi connectivity index (χ0) is 20.1. The minimum Gasteiger partial charge on any atom is -0.497 e. The number of rotatable bonds is 7. The van der Waals surface area contributed by atoms with Crippen LogP contribution in [-0.2, 0) is 11.3 Å². The summed E-state index contributed by atoms with van der Waals surface area (Å²) in [7, 11) is 1.64. The number of carbonyl (C=O) groups excluding carboxylic acids is 1. The molecule has 0 saturated carbocycles. The van der Waals surface area contributed by atoms with Crippen LogP contribution >= 0.6 is 11.8 Å². The second-order valence-electron chi connectivity index (χ2n) is 6.47. The van der Waals surface area contributed by atoms with Gasteiger partial charge in [0.15, 0.2) is 5.16 Å². The Hall–Kier alpha value is -3.25. The number of hydrogen-bond acceptors (Lipinski definition) is 4. The smallest absolute Gasteiger partial charge is 0.230 e. The number of aromatic nitrogens is 2. The van der Waals surface area contributed by atoms with Crippen LogP contribution in [0, 0.1) is 0 Å². The first-order valence-corrected chi connectivity index (χ1v) is 10.3. The predicted molar refractivity (Wildman–Crippen MR) is 117 cm³/mol. The van der Waals surface area contributed by atoms with Crippen LogP contribution in [0.1, 0.15) is 5.56 Å². The highest BCUT2D eigenvalue weighted by molar-refractivity contribution is 7.99. The number of methoxy groups -OCH3 is 1. The monoisotopic (exact) mass is 403 g/mol. The fourth-order valence-corrected chi connectivity index (χ4v) is 3.91. The number of benzene rings is 3. The average Bonchev–Trinajstić information content (AvgIpc) is 3.15. The molecule has 146 valence electrons. The molecule has 0 spiro atoms. The van der Waals surface area contributed by atoms with Crippen LogP contribution in [0.15, 0.2) is 84.0 Å². The second-order valence-corrected chi connectivity index (χ2v) is 7.41. The number of thioether (sulfide) groups is 1. The van der Waals surface area contributed by atoms with E-state index >= 15 is 0 Å². The molecular formula is C23H21N3O2S. The van der Waals surface area contributed by atoms with Crippen LogP contribution in [0.5, 0.6) is 5.75 Å². The molecule has 0 fully saturated rings. The maximum absolute atomic E-state index is 12.4. The first-order valence-electron chi connectivity index (χ1n) is 9.30. The van der Waals surface area contributed by atoms with Gasteiger partial charge in [-0.2, -0.15) is 0 Å². The number of nitrogens with zero attached hydrogens (tertiary/aromatic N) is 2. The molecule has 5 nitrogen and oxygen atoms in total. The topological polar surface area (TPSA) is 56.1 Å². The zero-order valence-electron chi connectivity index (χ0n) is 16.0. The van der Waals surface area contributed by atoms with E-state index in [-0.39, 0.29) is 5.91 Å². The molecule has 3 aromatic carbocycles. The summed E-state index contributed by atoms with van der Waals surface area (Å²) in [6.45, 7) is 0.485. The van der Waals surface area contributed by atoms with Gasteiger partial charge in [-0.1, -0.05) is 54.2 Å². The summed E-state index contributed by atoms with van der Waals surface area (Å²) < 4.78 is 7.25. The molecule has 1 heterocycles. The van der Waals surface area contributed by atoms with Crippen LogP contribution in [0.4, 0.5) is 0 Å². The Bertz CT molecular complexity index is 1110. The van der Waals surface area contributed by atoms with Crippen molar-refractivity contribution in [1.82, 2.24) is 14.9 Å². The summed E-state index contributed by atoms with van der Waals surface area (Å²) in [5.41, 5.74) is 4.00. The van der Waals surface area contributed by atoms with E-state index in [1.165, 1.54) is 11.8 Å². The quantitative estimate of drug-likeness (QED) is 0.464. The Morgan fingerprint density at radius 2 is 1.72 bits per heavy atom. The lowest BCUT2D eigenvalue weighted by Gasteiger charge is -2.09. The highest BCUT2D eigenvalue weighted by Gasteiger charge is 2.14. The average molecular weight is 404 g/mol. The largest absolute Gasteiger partial charge is 0.497 e. The summed E-state index contributed by atoms with van der Waals surface area (Å²) in [5.74, 6) is 1.07. The Morgan fingerprint density at radius 3 is 2.48 bits per heavy atom. The number of imidazole rings is 1. The molecule has 0 aliphatic heterocycles. The molecular weight excluding hydrogens is 382 g/mol. The van der Waals surface area contributed by atoms with Gasteiger partial charge in [0, 0.05) is 12.2 Å². The van der Waals surface area contributed by atoms with Crippen LogP contribution in [-0.4, -0.2) is 28.3 Å². The summed E-state index contributed by atoms with van der Waals surface area (Å²) in [6, 6.07) is 25.7. The number of para-hydroxylation sites is 3. The van der Waals surface area contributed by atoms with Crippen molar-refractivity contribution in [2.75, 3.05) is 12.9 Å². The molecule has 6 heteroatoms. The fourth-order valence-electron chi connectivity index (χ4n) is 3.05. The summed E-state index contributed by atoms with van der Waals surface area (Å²) >= 11 is 1.44. The number of amides is 1. The molecule has 0 unspecified atom stereocenters. The van der Waals surface area contributed by atoms with Crippen LogP contribution in [0.3, 0.4) is 0 Å². The van der Waals surface area contributed by atoms with E-state index < -0.39 is 0 Å². The third kappa shape index (κ3) is 4.43. The van der Waals surface area contributed by atoms with Crippen molar-refractivity contribution < 1.29 is 9.53 Å². The Morgan fingerprint density at radius 1 is 1.00 bits per heavy atom. The molecule has 0 saturated heterocycles. The highest BCUT2D eigenvalue weighted by atomic mass is 32.2. The highest BCUT2D eigenvalue weighted by Crippen LogP contribution is 2.27. The maximum atomic E-state index is 12.4. The fraction of sp³-hybridized carbons (Fsp3) is 0.130. The van der Waals surface area contributed by atoms with Gasteiger partial charge in [0.2, 0.25) is 5.91 Å². The molecule has 0 bridgehead atoms. The van der Waals surface area contributed by atoms with Gasteiger partial charge in [0.05, 0.1) is 23.9 Å². The Kier molecular flexibility index (Phi) is 5.81. The molecule has 4 rings (SSSR count). The van der Waals surface area contributed by atoms with Gasteiger partial charge in [-0.15, -0.1) is 0 Å². The van der Waals surface area contributed by atoms with Gasteiger partial charge in [-0.3, -0.25) is 9.36 Å². The van der Waals surface area contributed by atoms with E-state index in [1.54, 1.807) is 7.11 Å². The number of carbonyl (C=O) groups is 1. The summed E-state index contributed by atoms with van der Waals surface area (Å²) in [4.78, 5) is 17.1. The van der Waals surface area contributed by atoms with E-state index in [1.807, 2.05) is 78.9 Å². The van der Waals surface area contributed by atoms with E-state index in [0.717, 1.165) is 33.2 Å². The zero-order valence-corrected chi connectivity index (χ0v) is 16.9. The van der Waals surface area contributed by atoms with Crippen LogP contribution in [0.2, 0.25) is 0 Å².